The van der Waals surface area contributed by atoms with E-state index in [-0.39, 0.29) is 17.9 Å². The van der Waals surface area contributed by atoms with Crippen molar-refractivity contribution in [3.05, 3.63) is 48.0 Å². The van der Waals surface area contributed by atoms with E-state index in [1.807, 2.05) is 12.1 Å². The Bertz CT molecular complexity index is 580. The van der Waals surface area contributed by atoms with Gasteiger partial charge in [0.1, 0.15) is 0 Å². The van der Waals surface area contributed by atoms with Gasteiger partial charge in [0.2, 0.25) is 5.91 Å². The highest BCUT2D eigenvalue weighted by atomic mass is 16.2. The first-order valence-electron chi connectivity index (χ1n) is 8.79. The Morgan fingerprint density at radius 3 is 2.62 bits per heavy atom. The van der Waals surface area contributed by atoms with Crippen LogP contribution in [0.1, 0.15) is 55.5 Å². The minimum atomic E-state index is -0.202. The number of carbonyl (C=O) groups is 2. The standard InChI is InChI=1S/C20H28N2O2/c1-4-19(23)21-13-16-8-10-17(11-9-16)20(24)22-15(3)18-7-5-6-14(2)12-18/h4,8-11,14-15,18H,1,5-7,12-13H2,2-3H3,(H,21,23)(H,22,24)/t14?,15-,18?/m0/s1. The second-order valence-electron chi connectivity index (χ2n) is 6.91. The van der Waals surface area contributed by atoms with Gasteiger partial charge in [-0.1, -0.05) is 38.5 Å². The van der Waals surface area contributed by atoms with Gasteiger partial charge < -0.3 is 10.6 Å². The van der Waals surface area contributed by atoms with E-state index >= 15 is 0 Å². The Balaban J connectivity index is 1.87. The molecule has 0 spiro atoms. The van der Waals surface area contributed by atoms with Crippen LogP contribution in [-0.4, -0.2) is 17.9 Å². The van der Waals surface area contributed by atoms with Gasteiger partial charge in [0, 0.05) is 18.2 Å². The zero-order valence-electron chi connectivity index (χ0n) is 14.7. The van der Waals surface area contributed by atoms with Gasteiger partial charge in [-0.25, -0.2) is 0 Å². The van der Waals surface area contributed by atoms with E-state index in [1.165, 1.54) is 31.8 Å². The van der Waals surface area contributed by atoms with Gasteiger partial charge in [-0.15, -0.1) is 0 Å². The molecule has 4 nitrogen and oxygen atoms in total. The Labute approximate surface area is 144 Å². The van der Waals surface area contributed by atoms with Gasteiger partial charge in [-0.05, 0) is 55.4 Å². The van der Waals surface area contributed by atoms with Crippen molar-refractivity contribution in [1.29, 1.82) is 0 Å². The highest BCUT2D eigenvalue weighted by molar-refractivity contribution is 5.94. The molecule has 1 aliphatic carbocycles. The summed E-state index contributed by atoms with van der Waals surface area (Å²) in [7, 11) is 0. The third-order valence-electron chi connectivity index (χ3n) is 4.91. The van der Waals surface area contributed by atoms with E-state index in [9.17, 15) is 9.59 Å². The average Bonchev–Trinajstić information content (AvgIpc) is 2.60. The monoisotopic (exact) mass is 328 g/mol. The van der Waals surface area contributed by atoms with E-state index in [4.69, 9.17) is 0 Å². The summed E-state index contributed by atoms with van der Waals surface area (Å²) >= 11 is 0. The SMILES string of the molecule is C=CC(=O)NCc1ccc(C(=O)N[C@@H](C)C2CCCC(C)C2)cc1. The third kappa shape index (κ3) is 5.22. The molecule has 1 aromatic carbocycles. The first kappa shape index (κ1) is 18.2. The molecule has 0 aliphatic heterocycles. The quantitative estimate of drug-likeness (QED) is 0.786. The molecule has 1 aliphatic rings. The molecule has 1 saturated carbocycles. The van der Waals surface area contributed by atoms with Crippen LogP contribution in [0.25, 0.3) is 0 Å². The highest BCUT2D eigenvalue weighted by Crippen LogP contribution is 2.30. The van der Waals surface area contributed by atoms with Crippen LogP contribution in [0.2, 0.25) is 0 Å². The van der Waals surface area contributed by atoms with E-state index in [0.717, 1.165) is 11.5 Å². The van der Waals surface area contributed by atoms with Crippen LogP contribution in [0.5, 0.6) is 0 Å². The molecule has 0 radical (unpaired) electrons. The maximum absolute atomic E-state index is 12.4. The molecule has 130 valence electrons. The van der Waals surface area contributed by atoms with Crippen LogP contribution in [0.4, 0.5) is 0 Å². The number of nitrogens with one attached hydrogen (secondary N) is 2. The van der Waals surface area contributed by atoms with Crippen LogP contribution >= 0.6 is 0 Å². The molecule has 2 rings (SSSR count). The van der Waals surface area contributed by atoms with Crippen molar-refractivity contribution in [1.82, 2.24) is 10.6 Å². The molecule has 2 N–H and O–H groups in total. The van der Waals surface area contributed by atoms with E-state index < -0.39 is 0 Å². The summed E-state index contributed by atoms with van der Waals surface area (Å²) in [5.41, 5.74) is 1.61. The largest absolute Gasteiger partial charge is 0.349 e. The van der Waals surface area contributed by atoms with Crippen LogP contribution in [0, 0.1) is 11.8 Å². The average molecular weight is 328 g/mol. The summed E-state index contributed by atoms with van der Waals surface area (Å²) in [4.78, 5) is 23.6. The lowest BCUT2D eigenvalue weighted by Gasteiger charge is -2.31. The van der Waals surface area contributed by atoms with E-state index in [1.54, 1.807) is 12.1 Å². The van der Waals surface area contributed by atoms with Gasteiger partial charge in [0.25, 0.3) is 5.91 Å². The second kappa shape index (κ2) is 8.67. The van der Waals surface area contributed by atoms with Gasteiger partial charge in [-0.3, -0.25) is 9.59 Å². The number of hydrogen-bond donors (Lipinski definition) is 2. The molecule has 24 heavy (non-hydrogen) atoms. The summed E-state index contributed by atoms with van der Waals surface area (Å²) in [6.07, 6.45) is 6.21. The Hall–Kier alpha value is -2.10. The molecule has 4 heteroatoms. The fourth-order valence-electron chi connectivity index (χ4n) is 3.38. The van der Waals surface area contributed by atoms with Crippen molar-refractivity contribution in [2.45, 2.75) is 52.1 Å². The zero-order valence-corrected chi connectivity index (χ0v) is 14.7. The topological polar surface area (TPSA) is 58.2 Å². The molecule has 1 fully saturated rings. The van der Waals surface area contributed by atoms with Gasteiger partial charge in [0.05, 0.1) is 0 Å². The lowest BCUT2D eigenvalue weighted by Crippen LogP contribution is -2.39. The minimum Gasteiger partial charge on any atom is -0.349 e. The molecule has 2 amide bonds. The molecule has 1 aromatic rings. The van der Waals surface area contributed by atoms with Crippen molar-refractivity contribution in [3.63, 3.8) is 0 Å². The second-order valence-corrected chi connectivity index (χ2v) is 6.91. The third-order valence-corrected chi connectivity index (χ3v) is 4.91. The van der Waals surface area contributed by atoms with Gasteiger partial charge in [-0.2, -0.15) is 0 Å². The van der Waals surface area contributed by atoms with Crippen molar-refractivity contribution in [3.8, 4) is 0 Å². The normalized spacial score (nSPS) is 21.6. The molecule has 2 unspecified atom stereocenters. The van der Waals surface area contributed by atoms with Crippen molar-refractivity contribution >= 4 is 11.8 Å². The smallest absolute Gasteiger partial charge is 0.251 e. The number of carbonyl (C=O) groups excluding carboxylic acids is 2. The molecule has 0 bridgehead atoms. The first-order chi connectivity index (χ1) is 11.5. The van der Waals surface area contributed by atoms with Gasteiger partial charge in [0.15, 0.2) is 0 Å². The van der Waals surface area contributed by atoms with Crippen LogP contribution in [0.3, 0.4) is 0 Å². The van der Waals surface area contributed by atoms with Crippen LogP contribution in [-0.2, 0) is 11.3 Å². The Morgan fingerprint density at radius 2 is 2.00 bits per heavy atom. The molecule has 0 heterocycles. The minimum absolute atomic E-state index is 0.0256. The van der Waals surface area contributed by atoms with Crippen molar-refractivity contribution in [2.24, 2.45) is 11.8 Å². The number of rotatable bonds is 6. The number of hydrogen-bond acceptors (Lipinski definition) is 2. The maximum atomic E-state index is 12.4. The highest BCUT2D eigenvalue weighted by Gasteiger charge is 2.25. The predicted octanol–water partition coefficient (Wildman–Crippen LogP) is 3.43. The zero-order chi connectivity index (χ0) is 17.5. The van der Waals surface area contributed by atoms with Crippen LogP contribution < -0.4 is 10.6 Å². The van der Waals surface area contributed by atoms with E-state index in [0.29, 0.717) is 18.0 Å². The van der Waals surface area contributed by atoms with Crippen LogP contribution in [0.15, 0.2) is 36.9 Å². The molecule has 0 aromatic heterocycles. The lowest BCUT2D eigenvalue weighted by atomic mass is 9.79. The summed E-state index contributed by atoms with van der Waals surface area (Å²) in [5, 5.41) is 5.86. The molecule has 0 saturated heterocycles. The summed E-state index contributed by atoms with van der Waals surface area (Å²) in [5.74, 6) is 1.11. The maximum Gasteiger partial charge on any atom is 0.251 e. The Kier molecular flexibility index (Phi) is 6.59. The predicted molar refractivity (Wildman–Crippen MR) is 96.5 cm³/mol. The summed E-state index contributed by atoms with van der Waals surface area (Å²) in [6.45, 7) is 8.26. The van der Waals surface area contributed by atoms with Crippen molar-refractivity contribution < 1.29 is 9.59 Å². The lowest BCUT2D eigenvalue weighted by molar-refractivity contribution is -0.116. The summed E-state index contributed by atoms with van der Waals surface area (Å²) in [6, 6.07) is 7.55. The Morgan fingerprint density at radius 1 is 1.29 bits per heavy atom. The fraction of sp³-hybridized carbons (Fsp3) is 0.500. The molecular weight excluding hydrogens is 300 g/mol. The number of benzene rings is 1. The number of amides is 2. The summed E-state index contributed by atoms with van der Waals surface area (Å²) < 4.78 is 0. The molecular formula is C20H28N2O2. The van der Waals surface area contributed by atoms with Gasteiger partial charge >= 0.3 is 0 Å². The van der Waals surface area contributed by atoms with E-state index in [2.05, 4.69) is 31.1 Å². The fourth-order valence-corrected chi connectivity index (χ4v) is 3.38. The first-order valence-corrected chi connectivity index (χ1v) is 8.79. The molecule has 3 atom stereocenters. The van der Waals surface area contributed by atoms with Crippen molar-refractivity contribution in [2.75, 3.05) is 0 Å².